The van der Waals surface area contributed by atoms with Gasteiger partial charge in [-0.15, -0.1) is 0 Å². The van der Waals surface area contributed by atoms with Crippen LogP contribution in [0.3, 0.4) is 0 Å². The summed E-state index contributed by atoms with van der Waals surface area (Å²) in [6, 6.07) is 15.0. The lowest BCUT2D eigenvalue weighted by atomic mass is 9.83. The van der Waals surface area contributed by atoms with Crippen molar-refractivity contribution in [2.45, 2.75) is 18.9 Å². The minimum atomic E-state index is -0.256. The third-order valence-electron chi connectivity index (χ3n) is 4.31. The highest BCUT2D eigenvalue weighted by molar-refractivity contribution is 5.54. The van der Waals surface area contributed by atoms with Gasteiger partial charge in [0.15, 0.2) is 12.0 Å². The van der Waals surface area contributed by atoms with Gasteiger partial charge in [-0.1, -0.05) is 18.2 Å². The van der Waals surface area contributed by atoms with E-state index in [0.29, 0.717) is 17.6 Å². The molecule has 2 N–H and O–H groups in total. The molecule has 25 heavy (non-hydrogen) atoms. The van der Waals surface area contributed by atoms with Crippen LogP contribution in [0.2, 0.25) is 0 Å². The van der Waals surface area contributed by atoms with Crippen molar-refractivity contribution in [2.75, 3.05) is 6.61 Å². The first-order valence-electron chi connectivity index (χ1n) is 8.31. The number of ether oxygens (including phenoxy) is 2. The Morgan fingerprint density at radius 2 is 2.00 bits per heavy atom. The fourth-order valence-corrected chi connectivity index (χ4v) is 2.88. The van der Waals surface area contributed by atoms with Gasteiger partial charge in [0.25, 0.3) is 5.56 Å². The molecule has 0 radical (unpaired) electrons. The Labute approximate surface area is 144 Å². The maximum absolute atomic E-state index is 11.1. The topological polar surface area (TPSA) is 78.6 Å². The zero-order chi connectivity index (χ0) is 17.1. The molecule has 1 aliphatic rings. The zero-order valence-corrected chi connectivity index (χ0v) is 13.6. The summed E-state index contributed by atoms with van der Waals surface area (Å²) in [5, 5.41) is 2.27. The average Bonchev–Trinajstić information content (AvgIpc) is 3.05. The third kappa shape index (κ3) is 3.74. The van der Waals surface area contributed by atoms with E-state index in [2.05, 4.69) is 10.1 Å². The Hall–Kier alpha value is -3.02. The lowest BCUT2D eigenvalue weighted by Crippen LogP contribution is -2.38. The molecule has 3 aromatic rings. The number of pyridine rings is 1. The van der Waals surface area contributed by atoms with Crippen molar-refractivity contribution in [1.29, 1.82) is 0 Å². The molecule has 1 aliphatic carbocycles. The predicted octanol–water partition coefficient (Wildman–Crippen LogP) is 2.69. The standard InChI is InChI=1S/C19H18N2O4/c22-18-10-17(25-21-18)14-6-7-19(20-11-14)24-16-8-13(9-16)12-23-15-4-2-1-3-5-15/h1-7,10-11,13,16H,8-9,12H2,(H,21,22)/p+1. The van der Waals surface area contributed by atoms with Crippen LogP contribution in [0.4, 0.5) is 0 Å². The lowest BCUT2D eigenvalue weighted by Gasteiger charge is -2.33. The van der Waals surface area contributed by atoms with E-state index in [1.807, 2.05) is 42.5 Å². The number of hydrogen-bond acceptors (Lipinski definition) is 4. The molecule has 128 valence electrons. The Bertz CT molecular complexity index is 864. The molecule has 1 saturated carbocycles. The first-order valence-corrected chi connectivity index (χ1v) is 8.31. The second-order valence-corrected chi connectivity index (χ2v) is 6.22. The number of aromatic nitrogens is 2. The molecule has 0 atom stereocenters. The van der Waals surface area contributed by atoms with Gasteiger partial charge in [-0.05, 0) is 37.0 Å². The van der Waals surface area contributed by atoms with Gasteiger partial charge in [-0.25, -0.2) is 0 Å². The summed E-state index contributed by atoms with van der Waals surface area (Å²) < 4.78 is 16.8. The molecule has 1 aromatic carbocycles. The monoisotopic (exact) mass is 339 g/mol. The molecule has 0 unspecified atom stereocenters. The summed E-state index contributed by atoms with van der Waals surface area (Å²) in [6.45, 7) is 0.721. The van der Waals surface area contributed by atoms with Crippen LogP contribution >= 0.6 is 0 Å². The molecule has 0 aliphatic heterocycles. The predicted molar refractivity (Wildman–Crippen MR) is 90.4 cm³/mol. The van der Waals surface area contributed by atoms with Crippen molar-refractivity contribution < 1.29 is 19.0 Å². The molecule has 0 bridgehead atoms. The van der Waals surface area contributed by atoms with Gasteiger partial charge in [-0.2, -0.15) is 10.1 Å². The van der Waals surface area contributed by atoms with E-state index in [0.717, 1.165) is 30.8 Å². The van der Waals surface area contributed by atoms with Crippen LogP contribution in [0.5, 0.6) is 11.6 Å². The number of hydrogen-bond donors (Lipinski definition) is 1. The van der Waals surface area contributed by atoms with Crippen LogP contribution < -0.4 is 20.0 Å². The van der Waals surface area contributed by atoms with E-state index < -0.39 is 0 Å². The van der Waals surface area contributed by atoms with Crippen LogP contribution in [-0.2, 0) is 0 Å². The van der Waals surface area contributed by atoms with Crippen molar-refractivity contribution in [3.63, 3.8) is 0 Å². The minimum absolute atomic E-state index is 0.205. The molecule has 6 nitrogen and oxygen atoms in total. The number of rotatable bonds is 6. The van der Waals surface area contributed by atoms with E-state index in [-0.39, 0.29) is 11.7 Å². The number of H-pyrrole nitrogens is 2. The lowest BCUT2D eigenvalue weighted by molar-refractivity contribution is -0.397. The molecule has 6 heteroatoms. The highest BCUT2D eigenvalue weighted by atomic mass is 16.5. The molecular weight excluding hydrogens is 320 g/mol. The third-order valence-corrected chi connectivity index (χ3v) is 4.31. The summed E-state index contributed by atoms with van der Waals surface area (Å²) in [4.78, 5) is 14.2. The Morgan fingerprint density at radius 1 is 1.16 bits per heavy atom. The van der Waals surface area contributed by atoms with Crippen molar-refractivity contribution in [2.24, 2.45) is 5.92 Å². The van der Waals surface area contributed by atoms with Crippen molar-refractivity contribution in [3.8, 4) is 23.0 Å². The van der Waals surface area contributed by atoms with Gasteiger partial charge < -0.3 is 14.0 Å². The summed E-state index contributed by atoms with van der Waals surface area (Å²) in [6.07, 6.45) is 3.93. The first-order chi connectivity index (χ1) is 12.3. The second-order valence-electron chi connectivity index (χ2n) is 6.22. The number of aromatic amines is 2. The summed E-state index contributed by atoms with van der Waals surface area (Å²) in [5.41, 5.74) is 0.530. The maximum Gasteiger partial charge on any atom is 0.366 e. The van der Waals surface area contributed by atoms with E-state index in [4.69, 9.17) is 14.0 Å². The molecular formula is C19H19N2O4+. The largest absolute Gasteiger partial charge is 0.493 e. The van der Waals surface area contributed by atoms with Crippen LogP contribution in [-0.4, -0.2) is 17.9 Å². The fourth-order valence-electron chi connectivity index (χ4n) is 2.88. The molecule has 0 spiro atoms. The molecule has 0 saturated heterocycles. The zero-order valence-electron chi connectivity index (χ0n) is 13.6. The Kier molecular flexibility index (Phi) is 4.24. The van der Waals surface area contributed by atoms with Gasteiger partial charge >= 0.3 is 5.88 Å². The summed E-state index contributed by atoms with van der Waals surface area (Å²) in [7, 11) is 0. The number of para-hydroxylation sites is 1. The van der Waals surface area contributed by atoms with E-state index in [9.17, 15) is 4.79 Å². The first kappa shape index (κ1) is 15.5. The van der Waals surface area contributed by atoms with Crippen molar-refractivity contribution in [3.05, 3.63) is 65.1 Å². The maximum atomic E-state index is 11.1. The SMILES string of the molecule is O=c1cc(-c2ccc(OC3CC(COc4ccccc4)C3)[nH+]c2)o[nH]1. The van der Waals surface area contributed by atoms with Crippen LogP contribution in [0.25, 0.3) is 11.3 Å². The van der Waals surface area contributed by atoms with Crippen LogP contribution in [0.15, 0.2) is 64.0 Å². The number of benzene rings is 1. The van der Waals surface area contributed by atoms with Crippen LogP contribution in [0, 0.1) is 5.92 Å². The second kappa shape index (κ2) is 6.84. The van der Waals surface area contributed by atoms with Gasteiger partial charge in [-0.3, -0.25) is 4.79 Å². The Morgan fingerprint density at radius 3 is 2.68 bits per heavy atom. The number of nitrogens with one attached hydrogen (secondary N) is 2. The molecule has 2 aromatic heterocycles. The normalized spacial score (nSPS) is 19.2. The van der Waals surface area contributed by atoms with Gasteiger partial charge in [0.1, 0.15) is 11.9 Å². The quantitative estimate of drug-likeness (QED) is 0.749. The summed E-state index contributed by atoms with van der Waals surface area (Å²) >= 11 is 0. The average molecular weight is 339 g/mol. The smallest absolute Gasteiger partial charge is 0.366 e. The van der Waals surface area contributed by atoms with E-state index in [1.54, 1.807) is 6.20 Å². The molecule has 1 fully saturated rings. The van der Waals surface area contributed by atoms with Crippen molar-refractivity contribution >= 4 is 0 Å². The molecule has 4 rings (SSSR count). The van der Waals surface area contributed by atoms with Gasteiger partial charge in [0.2, 0.25) is 0 Å². The fraction of sp³-hybridized carbons (Fsp3) is 0.263. The Balaban J connectivity index is 1.25. The summed E-state index contributed by atoms with van der Waals surface area (Å²) in [5.74, 6) is 2.63. The molecule has 0 amide bonds. The van der Waals surface area contributed by atoms with Crippen LogP contribution in [0.1, 0.15) is 12.8 Å². The highest BCUT2D eigenvalue weighted by Gasteiger charge is 2.32. The van der Waals surface area contributed by atoms with E-state index in [1.165, 1.54) is 6.07 Å². The van der Waals surface area contributed by atoms with Gasteiger partial charge in [0.05, 0.1) is 24.3 Å². The minimum Gasteiger partial charge on any atom is -0.493 e. The van der Waals surface area contributed by atoms with Crippen molar-refractivity contribution in [1.82, 2.24) is 5.16 Å². The van der Waals surface area contributed by atoms with E-state index >= 15 is 0 Å². The van der Waals surface area contributed by atoms with Gasteiger partial charge in [0, 0.05) is 0 Å². The molecule has 2 heterocycles. The highest BCUT2D eigenvalue weighted by Crippen LogP contribution is 2.31.